The Morgan fingerprint density at radius 1 is 1.45 bits per heavy atom. The Hall–Kier alpha value is -2.09. The highest BCUT2D eigenvalue weighted by atomic mass is 32.2. The van der Waals surface area contributed by atoms with Gasteiger partial charge in [-0.15, -0.1) is 5.10 Å². The highest BCUT2D eigenvalue weighted by molar-refractivity contribution is 7.99. The predicted octanol–water partition coefficient (Wildman–Crippen LogP) is 0.977. The van der Waals surface area contributed by atoms with E-state index in [0.717, 1.165) is 0 Å². The molecule has 1 amide bonds. The molecule has 1 aromatic carbocycles. The van der Waals surface area contributed by atoms with Crippen LogP contribution in [0.15, 0.2) is 29.4 Å². The molecule has 0 aliphatic rings. The van der Waals surface area contributed by atoms with Gasteiger partial charge in [0, 0.05) is 6.54 Å². The lowest BCUT2D eigenvalue weighted by atomic mass is 10.1. The first kappa shape index (κ1) is 14.3. The number of carbonyl (C=O) groups excluding carboxylic acids is 1. The first-order chi connectivity index (χ1) is 9.65. The minimum atomic E-state index is -0.257. The van der Waals surface area contributed by atoms with Crippen LogP contribution in [0.4, 0.5) is 10.3 Å². The summed E-state index contributed by atoms with van der Waals surface area (Å²) in [5, 5.41) is 9.42. The molecule has 2 rings (SSSR count). The van der Waals surface area contributed by atoms with Gasteiger partial charge in [0.05, 0.1) is 5.75 Å². The quantitative estimate of drug-likeness (QED) is 0.690. The van der Waals surface area contributed by atoms with Crippen molar-refractivity contribution in [1.29, 1.82) is 0 Å². The highest BCUT2D eigenvalue weighted by Gasteiger charge is 2.07. The van der Waals surface area contributed by atoms with Crippen molar-refractivity contribution in [2.45, 2.75) is 11.6 Å². The summed E-state index contributed by atoms with van der Waals surface area (Å²) in [7, 11) is 0. The lowest BCUT2D eigenvalue weighted by molar-refractivity contribution is -0.118. The lowest BCUT2D eigenvalue weighted by Gasteiger charge is -2.05. The number of hydrogen-bond donors (Lipinski definition) is 3. The second-order valence-corrected chi connectivity index (χ2v) is 4.93. The van der Waals surface area contributed by atoms with E-state index >= 15 is 0 Å². The van der Waals surface area contributed by atoms with Crippen LogP contribution in [0.2, 0.25) is 0 Å². The van der Waals surface area contributed by atoms with Gasteiger partial charge >= 0.3 is 0 Å². The van der Waals surface area contributed by atoms with E-state index in [9.17, 15) is 9.18 Å². The number of carbonyl (C=O) groups is 1. The molecular formula is C12H14FN5OS. The van der Waals surface area contributed by atoms with Crippen molar-refractivity contribution in [3.8, 4) is 0 Å². The molecule has 1 aromatic heterocycles. The van der Waals surface area contributed by atoms with Gasteiger partial charge in [-0.3, -0.25) is 4.79 Å². The van der Waals surface area contributed by atoms with Crippen LogP contribution in [0.25, 0.3) is 0 Å². The van der Waals surface area contributed by atoms with Gasteiger partial charge in [-0.2, -0.15) is 4.98 Å². The van der Waals surface area contributed by atoms with Crippen LogP contribution in [0.5, 0.6) is 0 Å². The van der Waals surface area contributed by atoms with Gasteiger partial charge in [0.1, 0.15) is 5.82 Å². The molecule has 106 valence electrons. The number of rotatable bonds is 6. The summed E-state index contributed by atoms with van der Waals surface area (Å²) in [5.41, 5.74) is 5.95. The second-order valence-electron chi connectivity index (χ2n) is 3.98. The number of nitrogens with zero attached hydrogens (tertiary/aromatic N) is 2. The fraction of sp³-hybridized carbons (Fsp3) is 0.250. The lowest BCUT2D eigenvalue weighted by Crippen LogP contribution is -2.27. The van der Waals surface area contributed by atoms with E-state index < -0.39 is 0 Å². The predicted molar refractivity (Wildman–Crippen MR) is 74.6 cm³/mol. The largest absolute Gasteiger partial charge is 0.368 e. The van der Waals surface area contributed by atoms with E-state index in [1.807, 2.05) is 0 Å². The first-order valence-corrected chi connectivity index (χ1v) is 6.94. The standard InChI is InChI=1S/C12H14FN5OS/c13-9-4-2-1-3-8(9)5-6-15-10(19)7-20-12-16-11(14)17-18-12/h1-4H,5-7H2,(H,15,19)(H3,14,16,17,18). The van der Waals surface area contributed by atoms with Gasteiger partial charge in [-0.1, -0.05) is 30.0 Å². The number of aromatic amines is 1. The van der Waals surface area contributed by atoms with Crippen LogP contribution in [-0.4, -0.2) is 33.4 Å². The summed E-state index contributed by atoms with van der Waals surface area (Å²) in [4.78, 5) is 15.4. The second kappa shape index (κ2) is 6.90. The third kappa shape index (κ3) is 4.23. The zero-order valence-corrected chi connectivity index (χ0v) is 11.4. The van der Waals surface area contributed by atoms with E-state index in [-0.39, 0.29) is 23.4 Å². The average molecular weight is 295 g/mol. The fourth-order valence-electron chi connectivity index (χ4n) is 1.54. The topological polar surface area (TPSA) is 96.7 Å². The van der Waals surface area contributed by atoms with Gasteiger partial charge in [0.25, 0.3) is 0 Å². The van der Waals surface area contributed by atoms with E-state index in [0.29, 0.717) is 23.7 Å². The van der Waals surface area contributed by atoms with Crippen molar-refractivity contribution in [2.24, 2.45) is 0 Å². The molecule has 0 unspecified atom stereocenters. The monoisotopic (exact) mass is 295 g/mol. The van der Waals surface area contributed by atoms with Crippen LogP contribution < -0.4 is 11.1 Å². The number of H-pyrrole nitrogens is 1. The summed E-state index contributed by atoms with van der Waals surface area (Å²) in [6.45, 7) is 0.385. The summed E-state index contributed by atoms with van der Waals surface area (Å²) < 4.78 is 13.3. The number of nitrogens with two attached hydrogens (primary N) is 1. The zero-order chi connectivity index (χ0) is 14.4. The third-order valence-electron chi connectivity index (χ3n) is 2.49. The Kier molecular flexibility index (Phi) is 4.94. The smallest absolute Gasteiger partial charge is 0.230 e. The molecule has 0 saturated carbocycles. The number of halogens is 1. The van der Waals surface area contributed by atoms with Gasteiger partial charge in [-0.05, 0) is 18.1 Å². The van der Waals surface area contributed by atoms with Crippen molar-refractivity contribution in [1.82, 2.24) is 20.5 Å². The maximum atomic E-state index is 13.3. The number of thioether (sulfide) groups is 1. The maximum Gasteiger partial charge on any atom is 0.230 e. The summed E-state index contributed by atoms with van der Waals surface area (Å²) in [6.07, 6.45) is 0.455. The number of nitrogen functional groups attached to an aromatic ring is 1. The van der Waals surface area contributed by atoms with Crippen LogP contribution in [0.1, 0.15) is 5.56 Å². The molecule has 4 N–H and O–H groups in total. The SMILES string of the molecule is Nc1nc(SCC(=O)NCCc2ccccc2F)n[nH]1. The molecule has 0 spiro atoms. The molecule has 2 aromatic rings. The van der Waals surface area contributed by atoms with Crippen molar-refractivity contribution in [3.63, 3.8) is 0 Å². The van der Waals surface area contributed by atoms with Crippen LogP contribution in [-0.2, 0) is 11.2 Å². The Morgan fingerprint density at radius 2 is 2.25 bits per heavy atom. The highest BCUT2D eigenvalue weighted by Crippen LogP contribution is 2.12. The van der Waals surface area contributed by atoms with Crippen molar-refractivity contribution >= 4 is 23.6 Å². The Bertz CT molecular complexity index is 589. The van der Waals surface area contributed by atoms with E-state index in [1.165, 1.54) is 17.8 Å². The van der Waals surface area contributed by atoms with Gasteiger partial charge in [-0.25, -0.2) is 9.49 Å². The molecule has 0 atom stereocenters. The summed E-state index contributed by atoms with van der Waals surface area (Å²) in [5.74, 6) is -0.0105. The van der Waals surface area contributed by atoms with Crippen molar-refractivity contribution in [2.75, 3.05) is 18.0 Å². The molecular weight excluding hydrogens is 281 g/mol. The number of anilines is 1. The Balaban J connectivity index is 1.69. The van der Waals surface area contributed by atoms with Gasteiger partial charge in [0.15, 0.2) is 0 Å². The van der Waals surface area contributed by atoms with Crippen molar-refractivity contribution < 1.29 is 9.18 Å². The number of hydrogen-bond acceptors (Lipinski definition) is 5. The summed E-state index contributed by atoms with van der Waals surface area (Å²) in [6, 6.07) is 6.51. The molecule has 20 heavy (non-hydrogen) atoms. The fourth-order valence-corrected chi connectivity index (χ4v) is 2.18. The number of benzene rings is 1. The molecule has 0 saturated heterocycles. The Labute approximate surface area is 119 Å². The molecule has 6 nitrogen and oxygen atoms in total. The first-order valence-electron chi connectivity index (χ1n) is 5.96. The molecule has 1 heterocycles. The third-order valence-corrected chi connectivity index (χ3v) is 3.34. The minimum absolute atomic E-state index is 0.158. The van der Waals surface area contributed by atoms with E-state index in [2.05, 4.69) is 20.5 Å². The molecule has 0 radical (unpaired) electrons. The van der Waals surface area contributed by atoms with E-state index in [4.69, 9.17) is 5.73 Å². The average Bonchev–Trinajstić information content (AvgIpc) is 2.84. The van der Waals surface area contributed by atoms with Crippen LogP contribution in [0, 0.1) is 5.82 Å². The van der Waals surface area contributed by atoms with Crippen LogP contribution in [0.3, 0.4) is 0 Å². The maximum absolute atomic E-state index is 13.3. The normalized spacial score (nSPS) is 10.4. The number of aromatic nitrogens is 3. The molecule has 8 heteroatoms. The van der Waals surface area contributed by atoms with Crippen molar-refractivity contribution in [3.05, 3.63) is 35.6 Å². The van der Waals surface area contributed by atoms with Gasteiger partial charge in [0.2, 0.25) is 17.0 Å². The minimum Gasteiger partial charge on any atom is -0.368 e. The molecule has 0 aliphatic carbocycles. The number of nitrogens with one attached hydrogen (secondary N) is 2. The van der Waals surface area contributed by atoms with E-state index in [1.54, 1.807) is 18.2 Å². The molecule has 0 bridgehead atoms. The summed E-state index contributed by atoms with van der Waals surface area (Å²) >= 11 is 1.18. The Morgan fingerprint density at radius 3 is 2.95 bits per heavy atom. The van der Waals surface area contributed by atoms with Gasteiger partial charge < -0.3 is 11.1 Å². The molecule has 0 aliphatic heterocycles. The number of amides is 1. The molecule has 0 fully saturated rings. The zero-order valence-electron chi connectivity index (χ0n) is 10.6. The van der Waals surface area contributed by atoms with Crippen LogP contribution >= 0.6 is 11.8 Å².